The van der Waals surface area contributed by atoms with Crippen LogP contribution in [-0.2, 0) is 11.8 Å². The highest BCUT2D eigenvalue weighted by molar-refractivity contribution is 5.35. The molecule has 3 aromatic carbocycles. The Morgan fingerprint density at radius 3 is 2.23 bits per heavy atom. The van der Waals surface area contributed by atoms with Crippen molar-refractivity contribution in [1.29, 1.82) is 0 Å². The molecule has 3 rings (SSSR count). The van der Waals surface area contributed by atoms with Gasteiger partial charge in [0.25, 0.3) is 0 Å². The van der Waals surface area contributed by atoms with Crippen LogP contribution in [0.2, 0.25) is 0 Å². The number of para-hydroxylation sites is 1. The summed E-state index contributed by atoms with van der Waals surface area (Å²) in [5, 5.41) is 0. The minimum absolute atomic E-state index is 0.0197. The van der Waals surface area contributed by atoms with E-state index >= 15 is 0 Å². The predicted octanol–water partition coefficient (Wildman–Crippen LogP) is 6.86. The molecule has 0 aliphatic heterocycles. The molecular formula is C25H26O. The van der Waals surface area contributed by atoms with Crippen molar-refractivity contribution in [2.45, 2.75) is 32.6 Å². The Labute approximate surface area is 157 Å². The van der Waals surface area contributed by atoms with Gasteiger partial charge in [0.1, 0.15) is 11.5 Å². The molecule has 1 heteroatoms. The maximum Gasteiger partial charge on any atom is 0.127 e. The van der Waals surface area contributed by atoms with Crippen molar-refractivity contribution in [2.24, 2.45) is 0 Å². The van der Waals surface area contributed by atoms with Crippen molar-refractivity contribution in [3.63, 3.8) is 0 Å². The van der Waals surface area contributed by atoms with Crippen LogP contribution in [0.4, 0.5) is 0 Å². The Balaban J connectivity index is 1.66. The van der Waals surface area contributed by atoms with E-state index in [9.17, 15) is 0 Å². The van der Waals surface area contributed by atoms with E-state index in [1.807, 2.05) is 42.5 Å². The highest BCUT2D eigenvalue weighted by Gasteiger charge is 2.16. The third kappa shape index (κ3) is 4.86. The molecule has 0 saturated carbocycles. The van der Waals surface area contributed by atoms with Crippen LogP contribution in [0, 0.1) is 6.92 Å². The zero-order valence-corrected chi connectivity index (χ0v) is 15.8. The minimum Gasteiger partial charge on any atom is -0.457 e. The van der Waals surface area contributed by atoms with E-state index in [1.54, 1.807) is 0 Å². The van der Waals surface area contributed by atoms with E-state index in [4.69, 9.17) is 4.74 Å². The van der Waals surface area contributed by atoms with Crippen LogP contribution in [0.15, 0.2) is 91.0 Å². The second-order valence-corrected chi connectivity index (χ2v) is 7.26. The first kappa shape index (κ1) is 18.0. The second-order valence-electron chi connectivity index (χ2n) is 7.26. The van der Waals surface area contributed by atoms with Gasteiger partial charge in [-0.3, -0.25) is 0 Å². The normalized spacial score (nSPS) is 11.7. The Hall–Kier alpha value is -2.80. The van der Waals surface area contributed by atoms with Crippen molar-refractivity contribution >= 4 is 0 Å². The second kappa shape index (κ2) is 8.05. The highest BCUT2D eigenvalue weighted by Crippen LogP contribution is 2.26. The molecule has 0 aliphatic rings. The van der Waals surface area contributed by atoms with Crippen LogP contribution in [-0.4, -0.2) is 0 Å². The van der Waals surface area contributed by atoms with Gasteiger partial charge in [-0.25, -0.2) is 0 Å². The van der Waals surface area contributed by atoms with Crippen LogP contribution >= 0.6 is 0 Å². The van der Waals surface area contributed by atoms with Gasteiger partial charge < -0.3 is 4.74 Å². The van der Waals surface area contributed by atoms with Gasteiger partial charge in [0.15, 0.2) is 0 Å². The molecule has 0 aliphatic carbocycles. The summed E-state index contributed by atoms with van der Waals surface area (Å²) in [4.78, 5) is 0. The van der Waals surface area contributed by atoms with Crippen LogP contribution in [0.1, 0.15) is 30.5 Å². The number of hydrogen-bond acceptors (Lipinski definition) is 1. The lowest BCUT2D eigenvalue weighted by Gasteiger charge is -2.21. The molecule has 1 nitrogen and oxygen atoms in total. The van der Waals surface area contributed by atoms with E-state index < -0.39 is 0 Å². The van der Waals surface area contributed by atoms with Gasteiger partial charge >= 0.3 is 0 Å². The van der Waals surface area contributed by atoms with Gasteiger partial charge in [-0.15, -0.1) is 0 Å². The van der Waals surface area contributed by atoms with Crippen molar-refractivity contribution in [3.8, 4) is 11.5 Å². The smallest absolute Gasteiger partial charge is 0.127 e. The summed E-state index contributed by atoms with van der Waals surface area (Å²) in [6, 6.07) is 27.0. The molecule has 0 bridgehead atoms. The third-order valence-electron chi connectivity index (χ3n) is 4.56. The number of aryl methyl sites for hydroxylation is 1. The first-order valence-corrected chi connectivity index (χ1v) is 9.10. The molecule has 0 radical (unpaired) electrons. The van der Waals surface area contributed by atoms with Crippen molar-refractivity contribution in [2.75, 3.05) is 0 Å². The first-order valence-electron chi connectivity index (χ1n) is 9.10. The molecule has 0 spiro atoms. The van der Waals surface area contributed by atoms with E-state index in [2.05, 4.69) is 69.3 Å². The molecule has 0 heterocycles. The fourth-order valence-electron chi connectivity index (χ4n) is 2.93. The fourth-order valence-corrected chi connectivity index (χ4v) is 2.93. The monoisotopic (exact) mass is 342 g/mol. The van der Waals surface area contributed by atoms with Gasteiger partial charge in [0.05, 0.1) is 0 Å². The number of benzene rings is 3. The Morgan fingerprint density at radius 2 is 1.50 bits per heavy atom. The number of hydrogen-bond donors (Lipinski definition) is 0. The van der Waals surface area contributed by atoms with E-state index in [-0.39, 0.29) is 5.41 Å². The van der Waals surface area contributed by atoms with Crippen LogP contribution in [0.3, 0.4) is 0 Å². The van der Waals surface area contributed by atoms with Crippen LogP contribution < -0.4 is 4.74 Å². The summed E-state index contributed by atoms with van der Waals surface area (Å²) < 4.78 is 5.92. The van der Waals surface area contributed by atoms with Gasteiger partial charge in [0, 0.05) is 5.41 Å². The van der Waals surface area contributed by atoms with Crippen molar-refractivity contribution < 1.29 is 4.74 Å². The lowest BCUT2D eigenvalue weighted by molar-refractivity contribution is 0.482. The zero-order valence-electron chi connectivity index (χ0n) is 15.8. The molecule has 26 heavy (non-hydrogen) atoms. The molecule has 3 aromatic rings. The number of ether oxygens (including phenoxy) is 1. The maximum absolute atomic E-state index is 5.92. The fraction of sp³-hybridized carbons (Fsp3) is 0.200. The maximum atomic E-state index is 5.92. The molecule has 0 unspecified atom stereocenters. The lowest BCUT2D eigenvalue weighted by Crippen LogP contribution is -2.13. The summed E-state index contributed by atoms with van der Waals surface area (Å²) in [7, 11) is 0. The highest BCUT2D eigenvalue weighted by atomic mass is 16.5. The molecule has 0 atom stereocenters. The molecule has 0 saturated heterocycles. The average molecular weight is 342 g/mol. The van der Waals surface area contributed by atoms with Gasteiger partial charge in [-0.2, -0.15) is 0 Å². The minimum atomic E-state index is 0.0197. The largest absolute Gasteiger partial charge is 0.457 e. The van der Waals surface area contributed by atoms with E-state index in [1.165, 1.54) is 16.7 Å². The summed E-state index contributed by atoms with van der Waals surface area (Å²) in [6.07, 6.45) is 5.44. The molecular weight excluding hydrogens is 316 g/mol. The molecule has 132 valence electrons. The average Bonchev–Trinajstić information content (AvgIpc) is 2.63. The SMILES string of the molecule is Cc1ccc(C(C)(C)C=CCc2cccc(Oc3ccccc3)c2)cc1. The Morgan fingerprint density at radius 1 is 0.808 bits per heavy atom. The Bertz CT molecular complexity index is 858. The lowest BCUT2D eigenvalue weighted by atomic mass is 9.83. The van der Waals surface area contributed by atoms with Crippen molar-refractivity contribution in [3.05, 3.63) is 108 Å². The van der Waals surface area contributed by atoms with Gasteiger partial charge in [-0.1, -0.05) is 86.2 Å². The molecule has 0 aromatic heterocycles. The summed E-state index contributed by atoms with van der Waals surface area (Å²) in [5.74, 6) is 1.74. The summed E-state index contributed by atoms with van der Waals surface area (Å²) in [6.45, 7) is 6.63. The summed E-state index contributed by atoms with van der Waals surface area (Å²) >= 11 is 0. The van der Waals surface area contributed by atoms with E-state index in [0.29, 0.717) is 0 Å². The quantitative estimate of drug-likeness (QED) is 0.444. The van der Waals surface area contributed by atoms with Gasteiger partial charge in [-0.05, 0) is 48.7 Å². The summed E-state index contributed by atoms with van der Waals surface area (Å²) in [5.41, 5.74) is 3.89. The van der Waals surface area contributed by atoms with Crippen LogP contribution in [0.5, 0.6) is 11.5 Å². The number of allylic oxidation sites excluding steroid dienone is 2. The zero-order chi connectivity index (χ0) is 18.4. The van der Waals surface area contributed by atoms with Gasteiger partial charge in [0.2, 0.25) is 0 Å². The van der Waals surface area contributed by atoms with E-state index in [0.717, 1.165) is 17.9 Å². The Kier molecular flexibility index (Phi) is 5.58. The third-order valence-corrected chi connectivity index (χ3v) is 4.56. The molecule has 0 amide bonds. The van der Waals surface area contributed by atoms with Crippen molar-refractivity contribution in [1.82, 2.24) is 0 Å². The topological polar surface area (TPSA) is 9.23 Å². The first-order chi connectivity index (χ1) is 12.5. The molecule has 0 N–H and O–H groups in total. The standard InChI is InChI=1S/C25H26O/c1-20-14-16-22(17-15-20)25(2,3)18-8-10-21-9-7-13-24(19-21)26-23-11-5-4-6-12-23/h4-9,11-19H,10H2,1-3H3. The predicted molar refractivity (Wildman–Crippen MR) is 110 cm³/mol. The number of rotatable bonds is 6. The van der Waals surface area contributed by atoms with Crippen LogP contribution in [0.25, 0.3) is 0 Å². The molecule has 0 fully saturated rings.